The van der Waals surface area contributed by atoms with Gasteiger partial charge in [-0.25, -0.2) is 13.1 Å². The van der Waals surface area contributed by atoms with Crippen LogP contribution in [0.3, 0.4) is 0 Å². The summed E-state index contributed by atoms with van der Waals surface area (Å²) in [6.45, 7) is 4.70. The first-order chi connectivity index (χ1) is 14.4. The maximum Gasteiger partial charge on any atom is 0.241 e. The Morgan fingerprint density at radius 2 is 1.63 bits per heavy atom. The van der Waals surface area contributed by atoms with Crippen molar-refractivity contribution in [2.24, 2.45) is 5.73 Å². The molecule has 0 aliphatic rings. The molecule has 0 amide bonds. The first-order valence-electron chi connectivity index (χ1n) is 10.3. The molecule has 0 aromatic heterocycles. The van der Waals surface area contributed by atoms with E-state index in [1.54, 1.807) is 17.8 Å². The van der Waals surface area contributed by atoms with Crippen LogP contribution in [-0.4, -0.2) is 26.8 Å². The molecule has 0 spiro atoms. The van der Waals surface area contributed by atoms with E-state index in [1.165, 1.54) is 5.56 Å². The van der Waals surface area contributed by atoms with Gasteiger partial charge in [-0.1, -0.05) is 60.7 Å². The maximum absolute atomic E-state index is 13.3. The van der Waals surface area contributed by atoms with Crippen molar-refractivity contribution >= 4 is 32.6 Å². The van der Waals surface area contributed by atoms with Gasteiger partial charge in [-0.15, -0.1) is 0 Å². The van der Waals surface area contributed by atoms with Crippen LogP contribution in [0.2, 0.25) is 0 Å². The molecular weight excluding hydrogens is 412 g/mol. The fourth-order valence-electron chi connectivity index (χ4n) is 3.56. The highest BCUT2D eigenvalue weighted by atomic mass is 32.2. The zero-order valence-corrected chi connectivity index (χ0v) is 19.2. The van der Waals surface area contributed by atoms with Crippen molar-refractivity contribution in [2.45, 2.75) is 42.9 Å². The van der Waals surface area contributed by atoms with E-state index in [-0.39, 0.29) is 11.3 Å². The molecule has 0 saturated heterocycles. The van der Waals surface area contributed by atoms with Gasteiger partial charge in [0.15, 0.2) is 0 Å². The highest BCUT2D eigenvalue weighted by molar-refractivity contribution is 7.99. The first kappa shape index (κ1) is 22.8. The van der Waals surface area contributed by atoms with E-state index in [0.29, 0.717) is 23.6 Å². The molecule has 0 fully saturated rings. The fourth-order valence-corrected chi connectivity index (χ4v) is 6.27. The molecule has 30 heavy (non-hydrogen) atoms. The second kappa shape index (κ2) is 10.4. The summed E-state index contributed by atoms with van der Waals surface area (Å²) in [6, 6.07) is 21.3. The third-order valence-corrected chi connectivity index (χ3v) is 8.23. The fraction of sp³-hybridized carbons (Fsp3) is 0.333. The minimum atomic E-state index is -3.65. The van der Waals surface area contributed by atoms with E-state index in [4.69, 9.17) is 5.73 Å². The van der Waals surface area contributed by atoms with Crippen molar-refractivity contribution in [3.05, 3.63) is 77.9 Å². The summed E-state index contributed by atoms with van der Waals surface area (Å²) in [4.78, 5) is 0.336. The zero-order valence-electron chi connectivity index (χ0n) is 17.5. The van der Waals surface area contributed by atoms with Crippen molar-refractivity contribution < 1.29 is 8.42 Å². The average molecular weight is 443 g/mol. The zero-order chi connectivity index (χ0) is 21.6. The van der Waals surface area contributed by atoms with Crippen molar-refractivity contribution in [2.75, 3.05) is 12.3 Å². The Kier molecular flexibility index (Phi) is 7.94. The number of hydrogen-bond donors (Lipinski definition) is 2. The van der Waals surface area contributed by atoms with Crippen LogP contribution in [0.4, 0.5) is 0 Å². The van der Waals surface area contributed by atoms with E-state index in [2.05, 4.69) is 23.8 Å². The Morgan fingerprint density at radius 3 is 2.33 bits per heavy atom. The van der Waals surface area contributed by atoms with Gasteiger partial charge in [-0.3, -0.25) is 0 Å². The van der Waals surface area contributed by atoms with E-state index in [1.807, 2.05) is 55.5 Å². The van der Waals surface area contributed by atoms with E-state index in [9.17, 15) is 8.42 Å². The van der Waals surface area contributed by atoms with E-state index >= 15 is 0 Å². The van der Waals surface area contributed by atoms with Crippen molar-refractivity contribution in [1.29, 1.82) is 0 Å². The largest absolute Gasteiger partial charge is 0.330 e. The predicted octanol–water partition coefficient (Wildman–Crippen LogP) is 5.03. The first-order valence-corrected chi connectivity index (χ1v) is 12.8. The second-order valence-electron chi connectivity index (χ2n) is 7.56. The Labute approximate surface area is 184 Å². The summed E-state index contributed by atoms with van der Waals surface area (Å²) >= 11 is 1.76. The van der Waals surface area contributed by atoms with Crippen LogP contribution in [0.25, 0.3) is 10.8 Å². The summed E-state index contributed by atoms with van der Waals surface area (Å²) in [5.74, 6) is 0.694. The Morgan fingerprint density at radius 1 is 0.967 bits per heavy atom. The molecule has 0 bridgehead atoms. The minimum Gasteiger partial charge on any atom is -0.330 e. The number of aryl methyl sites for hydroxylation is 1. The summed E-state index contributed by atoms with van der Waals surface area (Å²) in [5, 5.41) is 2.01. The monoisotopic (exact) mass is 442 g/mol. The highest BCUT2D eigenvalue weighted by Gasteiger charge is 2.23. The standard InChI is InChI=1S/C24H30N2O2S2/c1-18-14-15-24(23-13-7-6-12-22(18)23)30(27,28)26-21(11-8-16-25)17-29-19(2)20-9-4-3-5-10-20/h3-7,9-10,12-15,19,21,26H,8,11,16-17,25H2,1-2H3/t19?,21-/m0/s1. The number of sulfonamides is 1. The normalized spacial score (nSPS) is 14.0. The molecule has 0 aliphatic carbocycles. The quantitative estimate of drug-likeness (QED) is 0.462. The number of hydrogen-bond acceptors (Lipinski definition) is 4. The summed E-state index contributed by atoms with van der Waals surface area (Å²) < 4.78 is 29.5. The van der Waals surface area contributed by atoms with Crippen molar-refractivity contribution in [3.63, 3.8) is 0 Å². The van der Waals surface area contributed by atoms with Crippen LogP contribution in [0, 0.1) is 6.92 Å². The van der Waals surface area contributed by atoms with Gasteiger partial charge in [-0.05, 0) is 55.8 Å². The number of benzene rings is 3. The van der Waals surface area contributed by atoms with Crippen LogP contribution in [0.5, 0.6) is 0 Å². The summed E-state index contributed by atoms with van der Waals surface area (Å²) in [5.41, 5.74) is 8.01. The number of thioether (sulfide) groups is 1. The van der Waals surface area contributed by atoms with Gasteiger partial charge in [0.25, 0.3) is 0 Å². The summed E-state index contributed by atoms with van der Waals surface area (Å²) in [6.07, 6.45) is 1.50. The smallest absolute Gasteiger partial charge is 0.241 e. The molecular formula is C24H30N2O2S2. The van der Waals surface area contributed by atoms with Crippen LogP contribution in [-0.2, 0) is 10.0 Å². The molecule has 3 N–H and O–H groups in total. The molecule has 4 nitrogen and oxygen atoms in total. The van der Waals surface area contributed by atoms with Gasteiger partial charge >= 0.3 is 0 Å². The van der Waals surface area contributed by atoms with E-state index < -0.39 is 10.0 Å². The lowest BCUT2D eigenvalue weighted by Crippen LogP contribution is -2.37. The third kappa shape index (κ3) is 5.64. The number of nitrogens with one attached hydrogen (secondary N) is 1. The highest BCUT2D eigenvalue weighted by Crippen LogP contribution is 2.30. The topological polar surface area (TPSA) is 72.2 Å². The number of nitrogens with two attached hydrogens (primary N) is 1. The molecule has 6 heteroatoms. The molecule has 3 rings (SSSR count). The van der Waals surface area contributed by atoms with Crippen LogP contribution < -0.4 is 10.5 Å². The SMILES string of the molecule is Cc1ccc(S(=O)(=O)N[C@@H](CCCN)CSC(C)c2ccccc2)c2ccccc12. The lowest BCUT2D eigenvalue weighted by atomic mass is 10.1. The Balaban J connectivity index is 1.79. The summed E-state index contributed by atoms with van der Waals surface area (Å²) in [7, 11) is -3.65. The lowest BCUT2D eigenvalue weighted by Gasteiger charge is -2.21. The Bertz CT molecular complexity index is 1070. The molecule has 1 unspecified atom stereocenters. The maximum atomic E-state index is 13.3. The molecule has 0 radical (unpaired) electrons. The van der Waals surface area contributed by atoms with Gasteiger partial charge in [0.1, 0.15) is 0 Å². The van der Waals surface area contributed by atoms with Crippen molar-refractivity contribution in [1.82, 2.24) is 4.72 Å². The van der Waals surface area contributed by atoms with Crippen LogP contribution in [0.1, 0.15) is 36.1 Å². The lowest BCUT2D eigenvalue weighted by molar-refractivity contribution is 0.542. The van der Waals surface area contributed by atoms with Gasteiger partial charge in [-0.2, -0.15) is 11.8 Å². The molecule has 0 aliphatic heterocycles. The minimum absolute atomic E-state index is 0.172. The third-order valence-electron chi connectivity index (χ3n) is 5.29. The molecule has 0 heterocycles. The van der Waals surface area contributed by atoms with Gasteiger partial charge in [0, 0.05) is 22.4 Å². The average Bonchev–Trinajstić information content (AvgIpc) is 2.76. The molecule has 3 aromatic rings. The van der Waals surface area contributed by atoms with Crippen molar-refractivity contribution in [3.8, 4) is 0 Å². The predicted molar refractivity (Wildman–Crippen MR) is 128 cm³/mol. The van der Waals surface area contributed by atoms with Gasteiger partial charge < -0.3 is 5.73 Å². The van der Waals surface area contributed by atoms with Crippen LogP contribution in [0.15, 0.2) is 71.6 Å². The van der Waals surface area contributed by atoms with Gasteiger partial charge in [0.2, 0.25) is 10.0 Å². The molecule has 3 aromatic carbocycles. The molecule has 0 saturated carbocycles. The molecule has 160 valence electrons. The van der Waals surface area contributed by atoms with Crippen LogP contribution >= 0.6 is 11.8 Å². The Hall–Kier alpha value is -1.86. The van der Waals surface area contributed by atoms with Gasteiger partial charge in [0.05, 0.1) is 4.90 Å². The second-order valence-corrected chi connectivity index (χ2v) is 10.6. The number of fused-ring (bicyclic) bond motifs is 1. The molecule has 2 atom stereocenters. The number of rotatable bonds is 10. The van der Waals surface area contributed by atoms with E-state index in [0.717, 1.165) is 22.8 Å².